The highest BCUT2D eigenvalue weighted by molar-refractivity contribution is 5.84. The first-order valence-corrected chi connectivity index (χ1v) is 7.69. The third-order valence-electron chi connectivity index (χ3n) is 3.85. The van der Waals surface area contributed by atoms with E-state index in [1.54, 1.807) is 4.90 Å². The van der Waals surface area contributed by atoms with Crippen LogP contribution >= 0.6 is 0 Å². The summed E-state index contributed by atoms with van der Waals surface area (Å²) >= 11 is 0. The van der Waals surface area contributed by atoms with Crippen LogP contribution < -0.4 is 0 Å². The zero-order valence-corrected chi connectivity index (χ0v) is 12.1. The number of carbonyl (C=O) groups is 2. The molecule has 0 saturated carbocycles. The average Bonchev–Trinajstić information content (AvgIpc) is 2.39. The summed E-state index contributed by atoms with van der Waals surface area (Å²) in [4.78, 5) is 24.5. The Morgan fingerprint density at radius 2 is 1.84 bits per heavy atom. The van der Waals surface area contributed by atoms with Gasteiger partial charge in [0.25, 0.3) is 0 Å². The van der Waals surface area contributed by atoms with E-state index in [1.165, 1.54) is 32.1 Å². The zero-order valence-electron chi connectivity index (χ0n) is 12.1. The van der Waals surface area contributed by atoms with Gasteiger partial charge in [-0.25, -0.2) is 4.79 Å². The molecule has 0 bridgehead atoms. The molecule has 0 aromatic rings. The van der Waals surface area contributed by atoms with Gasteiger partial charge in [0.15, 0.2) is 0 Å². The lowest BCUT2D eigenvalue weighted by molar-refractivity contribution is -0.153. The van der Waals surface area contributed by atoms with Gasteiger partial charge in [-0.2, -0.15) is 0 Å². The number of nitrogens with zero attached hydrogens (tertiary/aromatic N) is 1. The number of hydrogen-bond donors (Lipinski definition) is 1. The first-order valence-electron chi connectivity index (χ1n) is 7.69. The summed E-state index contributed by atoms with van der Waals surface area (Å²) in [5, 5.41) is 9.13. The number of likely N-dealkylation sites (tertiary alicyclic amines) is 1. The van der Waals surface area contributed by atoms with Crippen molar-refractivity contribution in [2.24, 2.45) is 0 Å². The topological polar surface area (TPSA) is 57.6 Å². The molecule has 1 unspecified atom stereocenters. The number of rotatable bonds is 9. The first kappa shape index (κ1) is 16.0. The summed E-state index contributed by atoms with van der Waals surface area (Å²) in [5.74, 6) is -0.833. The smallest absolute Gasteiger partial charge is 0.326 e. The van der Waals surface area contributed by atoms with Crippen LogP contribution in [-0.2, 0) is 9.59 Å². The van der Waals surface area contributed by atoms with Crippen molar-refractivity contribution in [3.63, 3.8) is 0 Å². The number of carboxylic acids is 1. The third kappa shape index (κ3) is 5.62. The molecule has 1 aliphatic heterocycles. The van der Waals surface area contributed by atoms with Crippen LogP contribution in [0.1, 0.15) is 71.1 Å². The van der Waals surface area contributed by atoms with Crippen LogP contribution in [0.4, 0.5) is 0 Å². The van der Waals surface area contributed by atoms with Crippen molar-refractivity contribution in [1.29, 1.82) is 0 Å². The van der Waals surface area contributed by atoms with Crippen LogP contribution in [0.25, 0.3) is 0 Å². The van der Waals surface area contributed by atoms with E-state index in [1.807, 2.05) is 0 Å². The molecule has 19 heavy (non-hydrogen) atoms. The second kappa shape index (κ2) is 8.94. The molecule has 1 amide bonds. The van der Waals surface area contributed by atoms with Gasteiger partial charge in [-0.15, -0.1) is 0 Å². The number of aliphatic carboxylic acids is 1. The molecule has 0 spiro atoms. The largest absolute Gasteiger partial charge is 0.480 e. The van der Waals surface area contributed by atoms with Crippen molar-refractivity contribution in [2.45, 2.75) is 77.2 Å². The van der Waals surface area contributed by atoms with Gasteiger partial charge in [0.2, 0.25) is 5.91 Å². The Balaban J connectivity index is 2.21. The summed E-state index contributed by atoms with van der Waals surface area (Å²) < 4.78 is 0. The Kier molecular flexibility index (Phi) is 7.53. The van der Waals surface area contributed by atoms with Crippen molar-refractivity contribution in [3.8, 4) is 0 Å². The summed E-state index contributed by atoms with van der Waals surface area (Å²) in [7, 11) is 0. The first-order chi connectivity index (χ1) is 9.16. The van der Waals surface area contributed by atoms with Gasteiger partial charge in [-0.05, 0) is 19.3 Å². The SMILES string of the molecule is CCCCCCCCCN1C(=O)CCCC1C(=O)O. The van der Waals surface area contributed by atoms with Crippen LogP contribution in [0, 0.1) is 0 Å². The summed E-state index contributed by atoms with van der Waals surface area (Å²) in [6, 6.07) is -0.582. The Labute approximate surface area is 116 Å². The van der Waals surface area contributed by atoms with E-state index in [0.29, 0.717) is 25.8 Å². The lowest BCUT2D eigenvalue weighted by atomic mass is 10.0. The molecule has 110 valence electrons. The van der Waals surface area contributed by atoms with Crippen LogP contribution in [0.3, 0.4) is 0 Å². The Bertz CT molecular complexity index is 291. The molecule has 0 aromatic heterocycles. The van der Waals surface area contributed by atoms with E-state index in [0.717, 1.165) is 12.8 Å². The van der Waals surface area contributed by atoms with Crippen LogP contribution in [-0.4, -0.2) is 34.5 Å². The molecule has 1 N–H and O–H groups in total. The lowest BCUT2D eigenvalue weighted by Gasteiger charge is -2.32. The summed E-state index contributed by atoms with van der Waals surface area (Å²) in [5.41, 5.74) is 0. The molecule has 0 aromatic carbocycles. The molecule has 1 heterocycles. The second-order valence-corrected chi connectivity index (χ2v) is 5.45. The van der Waals surface area contributed by atoms with E-state index in [-0.39, 0.29) is 5.91 Å². The van der Waals surface area contributed by atoms with Crippen LogP contribution in [0.15, 0.2) is 0 Å². The number of carboxylic acid groups (broad SMARTS) is 1. The van der Waals surface area contributed by atoms with E-state index < -0.39 is 12.0 Å². The zero-order chi connectivity index (χ0) is 14.1. The third-order valence-corrected chi connectivity index (χ3v) is 3.85. The number of hydrogen-bond acceptors (Lipinski definition) is 2. The fourth-order valence-electron chi connectivity index (χ4n) is 2.70. The molecular formula is C15H27NO3. The molecule has 4 nitrogen and oxygen atoms in total. The molecular weight excluding hydrogens is 242 g/mol. The van der Waals surface area contributed by atoms with Gasteiger partial charge in [-0.3, -0.25) is 4.79 Å². The minimum atomic E-state index is -0.851. The highest BCUT2D eigenvalue weighted by atomic mass is 16.4. The quantitative estimate of drug-likeness (QED) is 0.654. The Hall–Kier alpha value is -1.06. The van der Waals surface area contributed by atoms with E-state index in [4.69, 9.17) is 5.11 Å². The van der Waals surface area contributed by atoms with Gasteiger partial charge >= 0.3 is 5.97 Å². The minimum absolute atomic E-state index is 0.0182. The Morgan fingerprint density at radius 1 is 1.21 bits per heavy atom. The lowest BCUT2D eigenvalue weighted by Crippen LogP contribution is -2.48. The van der Waals surface area contributed by atoms with Gasteiger partial charge in [-0.1, -0.05) is 45.4 Å². The normalized spacial score (nSPS) is 19.7. The molecule has 1 fully saturated rings. The van der Waals surface area contributed by atoms with Gasteiger partial charge in [0.05, 0.1) is 0 Å². The predicted molar refractivity (Wildman–Crippen MR) is 75.0 cm³/mol. The predicted octanol–water partition coefficient (Wildman–Crippen LogP) is 3.20. The molecule has 4 heteroatoms. The van der Waals surface area contributed by atoms with Gasteiger partial charge < -0.3 is 10.0 Å². The van der Waals surface area contributed by atoms with Crippen molar-refractivity contribution in [3.05, 3.63) is 0 Å². The Morgan fingerprint density at radius 3 is 2.47 bits per heavy atom. The maximum absolute atomic E-state index is 11.8. The minimum Gasteiger partial charge on any atom is -0.480 e. The number of carbonyl (C=O) groups excluding carboxylic acids is 1. The van der Waals surface area contributed by atoms with Gasteiger partial charge in [0, 0.05) is 13.0 Å². The summed E-state index contributed by atoms with van der Waals surface area (Å²) in [6.45, 7) is 2.82. The molecule has 1 rings (SSSR count). The van der Waals surface area contributed by atoms with E-state index in [9.17, 15) is 9.59 Å². The highest BCUT2D eigenvalue weighted by Gasteiger charge is 2.32. The molecule has 1 atom stereocenters. The van der Waals surface area contributed by atoms with Gasteiger partial charge in [0.1, 0.15) is 6.04 Å². The van der Waals surface area contributed by atoms with E-state index >= 15 is 0 Å². The number of piperidine rings is 1. The molecule has 1 aliphatic rings. The van der Waals surface area contributed by atoms with Crippen molar-refractivity contribution in [2.75, 3.05) is 6.54 Å². The fourth-order valence-corrected chi connectivity index (χ4v) is 2.70. The monoisotopic (exact) mass is 269 g/mol. The summed E-state index contributed by atoms with van der Waals surface area (Å²) in [6.07, 6.45) is 10.2. The molecule has 0 aliphatic carbocycles. The second-order valence-electron chi connectivity index (χ2n) is 5.45. The maximum Gasteiger partial charge on any atom is 0.326 e. The van der Waals surface area contributed by atoms with Crippen LogP contribution in [0.5, 0.6) is 0 Å². The fraction of sp³-hybridized carbons (Fsp3) is 0.867. The average molecular weight is 269 g/mol. The van der Waals surface area contributed by atoms with E-state index in [2.05, 4.69) is 6.92 Å². The van der Waals surface area contributed by atoms with Crippen molar-refractivity contribution in [1.82, 2.24) is 4.90 Å². The maximum atomic E-state index is 11.8. The number of unbranched alkanes of at least 4 members (excludes halogenated alkanes) is 6. The standard InChI is InChI=1S/C15H27NO3/c1-2-3-4-5-6-7-8-12-16-13(15(18)19)10-9-11-14(16)17/h13H,2-12H2,1H3,(H,18,19). The molecule has 0 radical (unpaired) electrons. The van der Waals surface area contributed by atoms with Crippen molar-refractivity contribution >= 4 is 11.9 Å². The highest BCUT2D eigenvalue weighted by Crippen LogP contribution is 2.19. The van der Waals surface area contributed by atoms with Crippen LogP contribution in [0.2, 0.25) is 0 Å². The molecule has 1 saturated heterocycles. The van der Waals surface area contributed by atoms with Crippen molar-refractivity contribution < 1.29 is 14.7 Å². The number of amides is 1.